The minimum Gasteiger partial charge on any atom is -0.394 e. The van der Waals surface area contributed by atoms with Gasteiger partial charge >= 0.3 is 0 Å². The van der Waals surface area contributed by atoms with Crippen LogP contribution in [0.3, 0.4) is 0 Å². The molecule has 0 bridgehead atoms. The van der Waals surface area contributed by atoms with Gasteiger partial charge in [0.25, 0.3) is 5.56 Å². The number of nitrogen functional groups attached to an aromatic ring is 1. The maximum absolute atomic E-state index is 11.6. The summed E-state index contributed by atoms with van der Waals surface area (Å²) in [4.78, 5) is 21.9. The van der Waals surface area contributed by atoms with Crippen LogP contribution in [0.5, 0.6) is 0 Å². The summed E-state index contributed by atoms with van der Waals surface area (Å²) in [5.74, 6) is -0.0305. The van der Waals surface area contributed by atoms with Gasteiger partial charge in [0.2, 0.25) is 5.95 Å². The van der Waals surface area contributed by atoms with Gasteiger partial charge in [-0.15, -0.1) is 0 Å². The van der Waals surface area contributed by atoms with Crippen molar-refractivity contribution in [2.24, 2.45) is 0 Å². The predicted octanol–water partition coefficient (Wildman–Crippen LogP) is -1.82. The Balaban J connectivity index is 2.05. The van der Waals surface area contributed by atoms with E-state index in [0.717, 1.165) is 0 Å². The van der Waals surface area contributed by atoms with Crippen LogP contribution in [0, 0.1) is 6.23 Å². The molecule has 1 aliphatic rings. The molecule has 9 nitrogen and oxygen atoms in total. The lowest BCUT2D eigenvalue weighted by Crippen LogP contribution is -2.24. The van der Waals surface area contributed by atoms with E-state index in [0.29, 0.717) is 6.23 Å². The Morgan fingerprint density at radius 2 is 2.42 bits per heavy atom. The van der Waals surface area contributed by atoms with Crippen molar-refractivity contribution >= 4 is 17.1 Å². The minimum atomic E-state index is -0.809. The molecule has 2 atom stereocenters. The van der Waals surface area contributed by atoms with Crippen LogP contribution in [-0.2, 0) is 4.74 Å². The van der Waals surface area contributed by atoms with Crippen LogP contribution in [0.15, 0.2) is 11.1 Å². The number of H-pyrrole nitrogens is 1. The van der Waals surface area contributed by atoms with Crippen LogP contribution in [0.1, 0.15) is 6.42 Å². The number of aromatic amines is 1. The molecule has 1 radical (unpaired) electrons. The van der Waals surface area contributed by atoms with Gasteiger partial charge in [0.15, 0.2) is 17.4 Å². The lowest BCUT2D eigenvalue weighted by atomic mass is 10.2. The predicted molar refractivity (Wildman–Crippen MR) is 63.8 cm³/mol. The van der Waals surface area contributed by atoms with Crippen molar-refractivity contribution in [1.82, 2.24) is 19.5 Å². The second-order valence-electron chi connectivity index (χ2n) is 4.24. The lowest BCUT2D eigenvalue weighted by Gasteiger charge is -2.11. The number of rotatable bonds is 2. The Bertz CT molecular complexity index is 665. The molecule has 1 fully saturated rings. The molecular formula is C10H12N5O4. The summed E-state index contributed by atoms with van der Waals surface area (Å²) in [5.41, 5.74) is 5.42. The van der Waals surface area contributed by atoms with Crippen LogP contribution in [0.4, 0.5) is 5.95 Å². The average Bonchev–Trinajstić information content (AvgIpc) is 2.92. The fraction of sp³-hybridized carbons (Fsp3) is 0.400. The van der Waals surface area contributed by atoms with E-state index in [1.165, 1.54) is 10.9 Å². The highest BCUT2D eigenvalue weighted by Crippen LogP contribution is 2.29. The molecule has 3 rings (SSSR count). The van der Waals surface area contributed by atoms with Crippen molar-refractivity contribution in [3.05, 3.63) is 22.9 Å². The zero-order chi connectivity index (χ0) is 13.6. The van der Waals surface area contributed by atoms with Gasteiger partial charge < -0.3 is 20.7 Å². The zero-order valence-electron chi connectivity index (χ0n) is 9.78. The van der Waals surface area contributed by atoms with E-state index < -0.39 is 17.8 Å². The van der Waals surface area contributed by atoms with E-state index in [4.69, 9.17) is 15.6 Å². The van der Waals surface area contributed by atoms with Gasteiger partial charge in [-0.1, -0.05) is 0 Å². The van der Waals surface area contributed by atoms with Gasteiger partial charge in [-0.2, -0.15) is 4.98 Å². The van der Waals surface area contributed by atoms with E-state index in [9.17, 15) is 9.90 Å². The maximum atomic E-state index is 11.6. The number of fused-ring (bicyclic) bond motifs is 1. The molecule has 3 heterocycles. The summed E-state index contributed by atoms with van der Waals surface area (Å²) in [6.07, 6.45) is 0.439. The van der Waals surface area contributed by atoms with Crippen molar-refractivity contribution in [1.29, 1.82) is 0 Å². The molecule has 0 spiro atoms. The molecule has 5 N–H and O–H groups in total. The minimum absolute atomic E-state index is 0.0305. The van der Waals surface area contributed by atoms with Crippen molar-refractivity contribution in [3.63, 3.8) is 0 Å². The lowest BCUT2D eigenvalue weighted by molar-refractivity contribution is 0.00176. The van der Waals surface area contributed by atoms with E-state index in [-0.39, 0.29) is 30.1 Å². The highest BCUT2D eigenvalue weighted by Gasteiger charge is 2.36. The second kappa shape index (κ2) is 4.30. The van der Waals surface area contributed by atoms with Gasteiger partial charge in [-0.05, 0) is 0 Å². The van der Waals surface area contributed by atoms with Crippen molar-refractivity contribution in [2.45, 2.75) is 18.6 Å². The molecule has 101 valence electrons. The van der Waals surface area contributed by atoms with Crippen molar-refractivity contribution in [3.8, 4) is 0 Å². The molecule has 9 heteroatoms. The van der Waals surface area contributed by atoms with E-state index >= 15 is 0 Å². The van der Waals surface area contributed by atoms with Crippen LogP contribution >= 0.6 is 0 Å². The first-order chi connectivity index (χ1) is 9.10. The molecule has 19 heavy (non-hydrogen) atoms. The largest absolute Gasteiger partial charge is 0.394 e. The topological polar surface area (TPSA) is 139 Å². The Labute approximate surface area is 106 Å². The third-order valence-corrected chi connectivity index (χ3v) is 2.97. The Hall–Kier alpha value is -1.97. The van der Waals surface area contributed by atoms with Crippen molar-refractivity contribution in [2.75, 3.05) is 12.3 Å². The molecule has 1 aliphatic heterocycles. The summed E-state index contributed by atoms with van der Waals surface area (Å²) in [5, 5.41) is 18.7. The van der Waals surface area contributed by atoms with Gasteiger partial charge in [0, 0.05) is 6.42 Å². The monoisotopic (exact) mass is 266 g/mol. The van der Waals surface area contributed by atoms with Crippen LogP contribution < -0.4 is 11.3 Å². The molecule has 0 aromatic carbocycles. The maximum Gasteiger partial charge on any atom is 0.280 e. The number of nitrogens with zero attached hydrogens (tertiary/aromatic N) is 3. The number of aromatic nitrogens is 4. The third kappa shape index (κ3) is 1.87. The molecule has 2 aromatic heterocycles. The zero-order valence-corrected chi connectivity index (χ0v) is 9.78. The second-order valence-corrected chi connectivity index (χ2v) is 4.24. The third-order valence-electron chi connectivity index (χ3n) is 2.97. The first-order valence-corrected chi connectivity index (χ1v) is 5.64. The Morgan fingerprint density at radius 3 is 3.11 bits per heavy atom. The Kier molecular flexibility index (Phi) is 2.73. The summed E-state index contributed by atoms with van der Waals surface area (Å²) < 4.78 is 6.85. The summed E-state index contributed by atoms with van der Waals surface area (Å²) in [6.45, 7) is -0.298. The summed E-state index contributed by atoms with van der Waals surface area (Å²) in [7, 11) is 0. The fourth-order valence-electron chi connectivity index (χ4n) is 2.03. The quantitative estimate of drug-likeness (QED) is 0.502. The number of nitrogens with one attached hydrogen (secondary N) is 1. The summed E-state index contributed by atoms with van der Waals surface area (Å²) in [6, 6.07) is 0. The molecule has 0 aliphatic carbocycles. The molecular weight excluding hydrogens is 254 g/mol. The normalized spacial score (nSPS) is 24.3. The SMILES string of the molecule is Nc1nc2c(ncn2[C]2C[C@H](O)[C@@H](CO)O2)c(=O)[nH]1. The number of imidazole rings is 1. The van der Waals surface area contributed by atoms with Gasteiger partial charge in [0.1, 0.15) is 6.10 Å². The highest BCUT2D eigenvalue weighted by molar-refractivity contribution is 5.71. The Morgan fingerprint density at radius 1 is 1.63 bits per heavy atom. The highest BCUT2D eigenvalue weighted by atomic mass is 16.5. The van der Waals surface area contributed by atoms with E-state index in [2.05, 4.69) is 15.0 Å². The number of hydrogen-bond acceptors (Lipinski definition) is 7. The van der Waals surface area contributed by atoms with E-state index in [1.807, 2.05) is 0 Å². The molecule has 0 saturated carbocycles. The number of aliphatic hydroxyl groups is 2. The van der Waals surface area contributed by atoms with E-state index in [1.54, 1.807) is 0 Å². The number of aliphatic hydroxyl groups excluding tert-OH is 2. The summed E-state index contributed by atoms with van der Waals surface area (Å²) >= 11 is 0. The number of nitrogens with two attached hydrogens (primary N) is 1. The van der Waals surface area contributed by atoms with Crippen molar-refractivity contribution < 1.29 is 14.9 Å². The fourth-order valence-corrected chi connectivity index (χ4v) is 2.03. The molecule has 0 amide bonds. The number of anilines is 1. The van der Waals surface area contributed by atoms with Crippen LogP contribution in [0.25, 0.3) is 11.2 Å². The standard InChI is InChI=1S/C10H12N5O4/c11-10-13-8-7(9(18)14-10)12-3-15(8)6-1-4(17)5(2-16)19-6/h3-5,16-17H,1-2H2,(H3,11,13,14,18)/t4-,5+/m0/s1. The van der Waals surface area contributed by atoms with Crippen LogP contribution in [-0.4, -0.2) is 48.5 Å². The first-order valence-electron chi connectivity index (χ1n) is 5.64. The van der Waals surface area contributed by atoms with Gasteiger partial charge in [-0.25, -0.2) is 4.98 Å². The average molecular weight is 266 g/mol. The number of hydrogen-bond donors (Lipinski definition) is 4. The van der Waals surface area contributed by atoms with Gasteiger partial charge in [-0.3, -0.25) is 14.3 Å². The van der Waals surface area contributed by atoms with Crippen LogP contribution in [0.2, 0.25) is 0 Å². The number of ether oxygens (including phenoxy) is 1. The van der Waals surface area contributed by atoms with Gasteiger partial charge in [0.05, 0.1) is 19.0 Å². The molecule has 0 unspecified atom stereocenters. The molecule has 2 aromatic rings. The molecule has 1 saturated heterocycles. The first kappa shape index (κ1) is 12.1. The smallest absolute Gasteiger partial charge is 0.280 e.